The van der Waals surface area contributed by atoms with Gasteiger partial charge in [0.25, 0.3) is 0 Å². The number of nitrogens with one attached hydrogen (secondary N) is 1. The second-order valence-corrected chi connectivity index (χ2v) is 3.48. The Morgan fingerprint density at radius 2 is 2.06 bits per heavy atom. The van der Waals surface area contributed by atoms with Crippen LogP contribution in [0.1, 0.15) is 5.56 Å². The van der Waals surface area contributed by atoms with Crippen LogP contribution in [-0.4, -0.2) is 21.2 Å². The van der Waals surface area contributed by atoms with Crippen molar-refractivity contribution >= 4 is 29.6 Å². The summed E-state index contributed by atoms with van der Waals surface area (Å²) >= 11 is 5.71. The molecule has 2 rings (SSSR count). The van der Waals surface area contributed by atoms with E-state index in [1.165, 1.54) is 6.07 Å². The monoisotopic (exact) mass is 248 g/mol. The minimum Gasteiger partial charge on any atom is -0.383 e. The zero-order valence-corrected chi connectivity index (χ0v) is 9.46. The average Bonchev–Trinajstić information content (AvgIpc) is 2.29. The lowest BCUT2D eigenvalue weighted by atomic mass is 10.3. The van der Waals surface area contributed by atoms with Gasteiger partial charge < -0.3 is 5.73 Å². The molecule has 0 saturated carbocycles. The molecule has 2 aromatic heterocycles. The zero-order chi connectivity index (χ0) is 12.1. The van der Waals surface area contributed by atoms with Crippen LogP contribution in [0.15, 0.2) is 35.7 Å². The van der Waals surface area contributed by atoms with Gasteiger partial charge in [0.1, 0.15) is 11.0 Å². The van der Waals surface area contributed by atoms with Gasteiger partial charge in [-0.1, -0.05) is 11.6 Å². The van der Waals surface area contributed by atoms with Crippen LogP contribution < -0.4 is 11.2 Å². The maximum atomic E-state index is 5.71. The average molecular weight is 249 g/mol. The molecule has 0 atom stereocenters. The summed E-state index contributed by atoms with van der Waals surface area (Å²) in [6, 6.07) is 5.09. The van der Waals surface area contributed by atoms with Crippen molar-refractivity contribution in [3.8, 4) is 0 Å². The molecule has 2 heterocycles. The highest BCUT2D eigenvalue weighted by molar-refractivity contribution is 6.29. The van der Waals surface area contributed by atoms with Crippen LogP contribution in [0.3, 0.4) is 0 Å². The first-order valence-corrected chi connectivity index (χ1v) is 5.11. The van der Waals surface area contributed by atoms with Crippen molar-refractivity contribution in [2.75, 3.05) is 11.2 Å². The number of hydrazone groups is 1. The third-order valence-corrected chi connectivity index (χ3v) is 1.99. The molecule has 0 amide bonds. The third-order valence-electron chi connectivity index (χ3n) is 1.80. The Balaban J connectivity index is 2.05. The molecule has 0 unspecified atom stereocenters. The standard InChI is InChI=1S/C10H9ClN6/c11-8-5-9(12)16-10(15-8)17-14-6-7-1-3-13-4-2-7/h1-6H,(H3,12,15,16,17)/b14-6+. The number of rotatable bonds is 3. The number of anilines is 2. The molecular weight excluding hydrogens is 240 g/mol. The number of aromatic nitrogens is 3. The van der Waals surface area contributed by atoms with Crippen molar-refractivity contribution in [1.29, 1.82) is 0 Å². The molecule has 2 aromatic rings. The van der Waals surface area contributed by atoms with E-state index < -0.39 is 0 Å². The van der Waals surface area contributed by atoms with Crippen LogP contribution in [0, 0.1) is 0 Å². The normalized spacial score (nSPS) is 10.6. The summed E-state index contributed by atoms with van der Waals surface area (Å²) in [5.74, 6) is 0.534. The van der Waals surface area contributed by atoms with Gasteiger partial charge in [-0.3, -0.25) is 4.98 Å². The van der Waals surface area contributed by atoms with Gasteiger partial charge >= 0.3 is 0 Å². The van der Waals surface area contributed by atoms with E-state index in [0.29, 0.717) is 0 Å². The Hall–Kier alpha value is -2.21. The summed E-state index contributed by atoms with van der Waals surface area (Å²) in [7, 11) is 0. The minimum atomic E-state index is 0.250. The van der Waals surface area contributed by atoms with Crippen molar-refractivity contribution < 1.29 is 0 Å². The first kappa shape index (κ1) is 11.3. The summed E-state index contributed by atoms with van der Waals surface area (Å²) in [6.07, 6.45) is 4.96. The smallest absolute Gasteiger partial charge is 0.246 e. The Kier molecular flexibility index (Phi) is 3.46. The third kappa shape index (κ3) is 3.39. The van der Waals surface area contributed by atoms with E-state index in [0.717, 1.165) is 5.56 Å². The van der Waals surface area contributed by atoms with Gasteiger partial charge in [0, 0.05) is 18.5 Å². The molecule has 0 fully saturated rings. The second kappa shape index (κ2) is 5.22. The fraction of sp³-hybridized carbons (Fsp3) is 0. The quantitative estimate of drug-likeness (QED) is 0.489. The van der Waals surface area contributed by atoms with Crippen LogP contribution in [0.25, 0.3) is 0 Å². The van der Waals surface area contributed by atoms with Gasteiger partial charge in [-0.2, -0.15) is 15.1 Å². The highest BCUT2D eigenvalue weighted by atomic mass is 35.5. The lowest BCUT2D eigenvalue weighted by Crippen LogP contribution is -2.00. The van der Waals surface area contributed by atoms with E-state index in [-0.39, 0.29) is 16.9 Å². The Labute approximate surface area is 103 Å². The van der Waals surface area contributed by atoms with Crippen LogP contribution in [-0.2, 0) is 0 Å². The highest BCUT2D eigenvalue weighted by Gasteiger charge is 1.98. The first-order valence-electron chi connectivity index (χ1n) is 4.73. The Morgan fingerprint density at radius 3 is 2.76 bits per heavy atom. The zero-order valence-electron chi connectivity index (χ0n) is 8.71. The molecule has 0 radical (unpaired) electrons. The summed E-state index contributed by atoms with van der Waals surface area (Å²) in [6.45, 7) is 0. The first-order chi connectivity index (χ1) is 8.24. The number of pyridine rings is 1. The van der Waals surface area contributed by atoms with Crippen molar-refractivity contribution in [2.45, 2.75) is 0 Å². The summed E-state index contributed by atoms with van der Waals surface area (Å²) in [4.78, 5) is 11.7. The van der Waals surface area contributed by atoms with Crippen LogP contribution in [0.4, 0.5) is 11.8 Å². The summed E-state index contributed by atoms with van der Waals surface area (Å²) in [5.41, 5.74) is 9.05. The number of hydrogen-bond donors (Lipinski definition) is 2. The lowest BCUT2D eigenvalue weighted by molar-refractivity contribution is 1.13. The van der Waals surface area contributed by atoms with Crippen molar-refractivity contribution in [1.82, 2.24) is 15.0 Å². The van der Waals surface area contributed by atoms with Gasteiger partial charge in [-0.05, 0) is 17.7 Å². The van der Waals surface area contributed by atoms with E-state index in [2.05, 4.69) is 25.5 Å². The fourth-order valence-electron chi connectivity index (χ4n) is 1.10. The summed E-state index contributed by atoms with van der Waals surface area (Å²) < 4.78 is 0. The van der Waals surface area contributed by atoms with E-state index in [4.69, 9.17) is 17.3 Å². The van der Waals surface area contributed by atoms with E-state index in [1.54, 1.807) is 18.6 Å². The van der Waals surface area contributed by atoms with Crippen LogP contribution in [0.5, 0.6) is 0 Å². The van der Waals surface area contributed by atoms with Gasteiger partial charge in [0.2, 0.25) is 5.95 Å². The SMILES string of the molecule is Nc1cc(Cl)nc(N/N=C/c2ccncc2)n1. The van der Waals surface area contributed by atoms with Gasteiger partial charge in [-0.25, -0.2) is 5.43 Å². The molecule has 0 aliphatic heterocycles. The lowest BCUT2D eigenvalue weighted by Gasteiger charge is -2.00. The maximum Gasteiger partial charge on any atom is 0.246 e. The molecule has 0 aliphatic carbocycles. The minimum absolute atomic E-state index is 0.250. The van der Waals surface area contributed by atoms with E-state index >= 15 is 0 Å². The summed E-state index contributed by atoms with van der Waals surface area (Å²) in [5, 5.41) is 4.22. The number of halogens is 1. The molecule has 7 heteroatoms. The van der Waals surface area contributed by atoms with Crippen molar-refractivity contribution in [2.24, 2.45) is 5.10 Å². The molecule has 0 aliphatic rings. The Bertz CT molecular complexity index is 507. The van der Waals surface area contributed by atoms with Gasteiger partial charge in [0.15, 0.2) is 0 Å². The molecule has 0 saturated heterocycles. The van der Waals surface area contributed by atoms with E-state index in [9.17, 15) is 0 Å². The number of nitrogens with two attached hydrogens (primary N) is 1. The predicted octanol–water partition coefficient (Wildman–Crippen LogP) is 1.55. The maximum absolute atomic E-state index is 5.71. The van der Waals surface area contributed by atoms with Gasteiger partial charge in [-0.15, -0.1) is 0 Å². The van der Waals surface area contributed by atoms with Crippen molar-refractivity contribution in [3.05, 3.63) is 41.3 Å². The van der Waals surface area contributed by atoms with E-state index in [1.807, 2.05) is 12.1 Å². The van der Waals surface area contributed by atoms with Gasteiger partial charge in [0.05, 0.1) is 6.21 Å². The molecule has 0 spiro atoms. The predicted molar refractivity (Wildman–Crippen MR) is 66.9 cm³/mol. The molecule has 0 bridgehead atoms. The fourth-order valence-corrected chi connectivity index (χ4v) is 1.29. The molecular formula is C10H9ClN6. The molecule has 3 N–H and O–H groups in total. The highest BCUT2D eigenvalue weighted by Crippen LogP contribution is 2.11. The van der Waals surface area contributed by atoms with Crippen LogP contribution >= 0.6 is 11.6 Å². The number of nitrogen functional groups attached to an aromatic ring is 1. The second-order valence-electron chi connectivity index (χ2n) is 3.09. The molecule has 86 valence electrons. The van der Waals surface area contributed by atoms with Crippen LogP contribution in [0.2, 0.25) is 5.15 Å². The molecule has 17 heavy (non-hydrogen) atoms. The van der Waals surface area contributed by atoms with Crippen molar-refractivity contribution in [3.63, 3.8) is 0 Å². The number of nitrogens with zero attached hydrogens (tertiary/aromatic N) is 4. The number of hydrogen-bond acceptors (Lipinski definition) is 6. The largest absolute Gasteiger partial charge is 0.383 e. The molecule has 6 nitrogen and oxygen atoms in total. The topological polar surface area (TPSA) is 89.1 Å². The Morgan fingerprint density at radius 1 is 1.29 bits per heavy atom. The molecule has 0 aromatic carbocycles.